The molecule has 2 rings (SSSR count). The summed E-state index contributed by atoms with van der Waals surface area (Å²) in [4.78, 5) is 13.9. The lowest BCUT2D eigenvalue weighted by Gasteiger charge is -2.34. The summed E-state index contributed by atoms with van der Waals surface area (Å²) < 4.78 is 0. The molecule has 0 aliphatic carbocycles. The van der Waals surface area contributed by atoms with Crippen LogP contribution >= 0.6 is 11.3 Å². The highest BCUT2D eigenvalue weighted by Crippen LogP contribution is 2.18. The van der Waals surface area contributed by atoms with E-state index in [4.69, 9.17) is 0 Å². The number of hydrogen-bond acceptors (Lipinski definition) is 3. The van der Waals surface area contributed by atoms with Crippen LogP contribution in [0.4, 0.5) is 0 Å². The normalized spacial score (nSPS) is 21.1. The molecule has 0 saturated carbocycles. The second-order valence-corrected chi connectivity index (χ2v) is 5.01. The molecule has 1 aromatic heterocycles. The number of aliphatic hydroxyl groups excluding tert-OH is 1. The molecule has 2 heterocycles. The minimum Gasteiger partial charge on any atom is -0.394 e. The lowest BCUT2D eigenvalue weighted by molar-refractivity contribution is -0.135. The molecule has 1 saturated heterocycles. The molecule has 0 spiro atoms. The average molecular weight is 239 g/mol. The monoisotopic (exact) mass is 239 g/mol. The number of carbonyl (C=O) groups is 1. The maximum Gasteiger partial charge on any atom is 0.227 e. The van der Waals surface area contributed by atoms with Crippen LogP contribution in [-0.4, -0.2) is 35.1 Å². The van der Waals surface area contributed by atoms with E-state index in [0.717, 1.165) is 31.4 Å². The van der Waals surface area contributed by atoms with Gasteiger partial charge in [-0.2, -0.15) is 11.3 Å². The molecule has 0 radical (unpaired) electrons. The summed E-state index contributed by atoms with van der Waals surface area (Å²) in [5, 5.41) is 13.2. The SMILES string of the molecule is O=C(Cc1ccsc1)N1CCCC[C@H]1CO. The van der Waals surface area contributed by atoms with Crippen LogP contribution in [0.5, 0.6) is 0 Å². The summed E-state index contributed by atoms with van der Waals surface area (Å²) in [7, 11) is 0. The van der Waals surface area contributed by atoms with Gasteiger partial charge in [0.05, 0.1) is 19.1 Å². The Morgan fingerprint density at radius 1 is 1.56 bits per heavy atom. The van der Waals surface area contributed by atoms with Gasteiger partial charge < -0.3 is 10.0 Å². The Kier molecular flexibility index (Phi) is 3.96. The second kappa shape index (κ2) is 5.46. The molecule has 1 amide bonds. The molecular weight excluding hydrogens is 222 g/mol. The highest BCUT2D eigenvalue weighted by atomic mass is 32.1. The second-order valence-electron chi connectivity index (χ2n) is 4.23. The van der Waals surface area contributed by atoms with Gasteiger partial charge in [0.2, 0.25) is 5.91 Å². The van der Waals surface area contributed by atoms with Crippen molar-refractivity contribution < 1.29 is 9.90 Å². The molecule has 16 heavy (non-hydrogen) atoms. The highest BCUT2D eigenvalue weighted by molar-refractivity contribution is 7.07. The van der Waals surface area contributed by atoms with Crippen molar-refractivity contribution in [3.05, 3.63) is 22.4 Å². The number of nitrogens with zero attached hydrogens (tertiary/aromatic N) is 1. The number of rotatable bonds is 3. The number of carbonyl (C=O) groups excluding carboxylic acids is 1. The van der Waals surface area contributed by atoms with Gasteiger partial charge >= 0.3 is 0 Å². The molecule has 0 aromatic carbocycles. The molecule has 1 aromatic rings. The van der Waals surface area contributed by atoms with Crippen LogP contribution in [0.3, 0.4) is 0 Å². The first-order valence-electron chi connectivity index (χ1n) is 5.72. The third-order valence-corrected chi connectivity index (χ3v) is 3.83. The van der Waals surface area contributed by atoms with E-state index >= 15 is 0 Å². The van der Waals surface area contributed by atoms with Crippen LogP contribution in [-0.2, 0) is 11.2 Å². The van der Waals surface area contributed by atoms with E-state index < -0.39 is 0 Å². The fourth-order valence-electron chi connectivity index (χ4n) is 2.19. The van der Waals surface area contributed by atoms with Crippen molar-refractivity contribution in [3.8, 4) is 0 Å². The Balaban J connectivity index is 1.97. The van der Waals surface area contributed by atoms with E-state index in [0.29, 0.717) is 6.42 Å². The van der Waals surface area contributed by atoms with Gasteiger partial charge in [-0.05, 0) is 41.7 Å². The Morgan fingerprint density at radius 3 is 3.12 bits per heavy atom. The summed E-state index contributed by atoms with van der Waals surface area (Å²) in [6, 6.07) is 2.03. The molecule has 1 N–H and O–H groups in total. The molecule has 1 aliphatic heterocycles. The fourth-order valence-corrected chi connectivity index (χ4v) is 2.86. The Labute approximate surface area is 99.7 Å². The van der Waals surface area contributed by atoms with Gasteiger partial charge in [-0.15, -0.1) is 0 Å². The third kappa shape index (κ3) is 2.62. The van der Waals surface area contributed by atoms with Crippen LogP contribution in [0.15, 0.2) is 16.8 Å². The standard InChI is InChI=1S/C12H17NO2S/c14-8-11-3-1-2-5-13(11)12(15)7-10-4-6-16-9-10/h4,6,9,11,14H,1-3,5,7-8H2/t11-/m0/s1. The molecule has 88 valence electrons. The molecular formula is C12H17NO2S. The molecule has 1 aliphatic rings. The van der Waals surface area contributed by atoms with Crippen LogP contribution < -0.4 is 0 Å². The fraction of sp³-hybridized carbons (Fsp3) is 0.583. The lowest BCUT2D eigenvalue weighted by atomic mass is 10.0. The van der Waals surface area contributed by atoms with E-state index in [1.807, 2.05) is 21.7 Å². The lowest BCUT2D eigenvalue weighted by Crippen LogP contribution is -2.46. The van der Waals surface area contributed by atoms with Crippen molar-refractivity contribution >= 4 is 17.2 Å². The smallest absolute Gasteiger partial charge is 0.227 e. The first kappa shape index (κ1) is 11.6. The van der Waals surface area contributed by atoms with E-state index in [1.54, 1.807) is 11.3 Å². The first-order valence-corrected chi connectivity index (χ1v) is 6.67. The summed E-state index contributed by atoms with van der Waals surface area (Å²) in [5.74, 6) is 0.150. The molecule has 0 unspecified atom stereocenters. The number of thiophene rings is 1. The Bertz CT molecular complexity index is 337. The zero-order valence-corrected chi connectivity index (χ0v) is 10.1. The Hall–Kier alpha value is -0.870. The predicted molar refractivity (Wildman–Crippen MR) is 64.5 cm³/mol. The van der Waals surface area contributed by atoms with Crippen LogP contribution in [0.1, 0.15) is 24.8 Å². The minimum atomic E-state index is 0.0416. The minimum absolute atomic E-state index is 0.0416. The molecule has 4 heteroatoms. The van der Waals surface area contributed by atoms with Crippen molar-refractivity contribution in [2.45, 2.75) is 31.7 Å². The largest absolute Gasteiger partial charge is 0.394 e. The van der Waals surface area contributed by atoms with Gasteiger partial charge in [-0.25, -0.2) is 0 Å². The van der Waals surface area contributed by atoms with Gasteiger partial charge in [0.1, 0.15) is 0 Å². The van der Waals surface area contributed by atoms with Gasteiger partial charge in [0.15, 0.2) is 0 Å². The Morgan fingerprint density at radius 2 is 2.44 bits per heavy atom. The first-order chi connectivity index (χ1) is 7.81. The molecule has 3 nitrogen and oxygen atoms in total. The number of amides is 1. The summed E-state index contributed by atoms with van der Waals surface area (Å²) in [6.07, 6.45) is 3.59. The van der Waals surface area contributed by atoms with Gasteiger partial charge in [-0.1, -0.05) is 0 Å². The van der Waals surface area contributed by atoms with Crippen LogP contribution in [0.2, 0.25) is 0 Å². The van der Waals surface area contributed by atoms with E-state index in [-0.39, 0.29) is 18.6 Å². The van der Waals surface area contributed by atoms with Crippen LogP contribution in [0, 0.1) is 0 Å². The molecule has 1 atom stereocenters. The summed E-state index contributed by atoms with van der Waals surface area (Å²) >= 11 is 1.61. The topological polar surface area (TPSA) is 40.5 Å². The van der Waals surface area contributed by atoms with E-state index in [1.165, 1.54) is 0 Å². The van der Waals surface area contributed by atoms with Crippen molar-refractivity contribution in [1.29, 1.82) is 0 Å². The average Bonchev–Trinajstić information content (AvgIpc) is 2.81. The highest BCUT2D eigenvalue weighted by Gasteiger charge is 2.25. The number of hydrogen-bond donors (Lipinski definition) is 1. The van der Waals surface area contributed by atoms with Crippen LogP contribution in [0.25, 0.3) is 0 Å². The van der Waals surface area contributed by atoms with Crippen molar-refractivity contribution in [3.63, 3.8) is 0 Å². The number of likely N-dealkylation sites (tertiary alicyclic amines) is 1. The number of aliphatic hydroxyl groups is 1. The summed E-state index contributed by atoms with van der Waals surface area (Å²) in [6.45, 7) is 0.892. The summed E-state index contributed by atoms with van der Waals surface area (Å²) in [5.41, 5.74) is 1.08. The van der Waals surface area contributed by atoms with Crippen molar-refractivity contribution in [2.24, 2.45) is 0 Å². The zero-order valence-electron chi connectivity index (χ0n) is 9.26. The van der Waals surface area contributed by atoms with Gasteiger partial charge in [-0.3, -0.25) is 4.79 Å². The van der Waals surface area contributed by atoms with E-state index in [2.05, 4.69) is 0 Å². The third-order valence-electron chi connectivity index (χ3n) is 3.09. The zero-order chi connectivity index (χ0) is 11.4. The quantitative estimate of drug-likeness (QED) is 0.871. The van der Waals surface area contributed by atoms with Crippen molar-refractivity contribution in [1.82, 2.24) is 4.90 Å². The number of piperidine rings is 1. The maximum absolute atomic E-state index is 12.1. The maximum atomic E-state index is 12.1. The van der Waals surface area contributed by atoms with Crippen molar-refractivity contribution in [2.75, 3.05) is 13.2 Å². The molecule has 1 fully saturated rings. The predicted octanol–water partition coefficient (Wildman–Crippen LogP) is 1.66. The van der Waals surface area contributed by atoms with Gasteiger partial charge in [0, 0.05) is 6.54 Å². The van der Waals surface area contributed by atoms with E-state index in [9.17, 15) is 9.90 Å². The molecule has 0 bridgehead atoms. The van der Waals surface area contributed by atoms with Gasteiger partial charge in [0.25, 0.3) is 0 Å².